The summed E-state index contributed by atoms with van der Waals surface area (Å²) in [6, 6.07) is 13.9. The quantitative estimate of drug-likeness (QED) is 0.816. The molecule has 0 atom stereocenters. The molecule has 0 unspecified atom stereocenters. The number of halogens is 2. The summed E-state index contributed by atoms with van der Waals surface area (Å²) in [4.78, 5) is 4.77. The molecule has 3 rings (SSSR count). The van der Waals surface area contributed by atoms with Crippen molar-refractivity contribution in [2.75, 3.05) is 38.2 Å². The maximum atomic E-state index is 6.27. The Morgan fingerprint density at radius 1 is 0.957 bits per heavy atom. The topological polar surface area (TPSA) is 15.7 Å². The molecule has 122 valence electrons. The van der Waals surface area contributed by atoms with Gasteiger partial charge in [-0.25, -0.2) is 0 Å². The third-order valence-electron chi connectivity index (χ3n) is 4.23. The average molecular weight is 351 g/mol. The normalized spacial score (nSPS) is 15.7. The minimum atomic E-state index is 0.743. The van der Waals surface area contributed by atoms with E-state index in [1.54, 1.807) is 7.11 Å². The summed E-state index contributed by atoms with van der Waals surface area (Å²) >= 11 is 12.5. The van der Waals surface area contributed by atoms with E-state index in [2.05, 4.69) is 21.9 Å². The zero-order valence-corrected chi connectivity index (χ0v) is 14.6. The summed E-state index contributed by atoms with van der Waals surface area (Å²) < 4.78 is 5.31. The van der Waals surface area contributed by atoms with Gasteiger partial charge >= 0.3 is 0 Å². The van der Waals surface area contributed by atoms with Crippen molar-refractivity contribution in [3.05, 3.63) is 58.1 Å². The lowest BCUT2D eigenvalue weighted by Gasteiger charge is -2.36. The average Bonchev–Trinajstić information content (AvgIpc) is 2.59. The van der Waals surface area contributed by atoms with Crippen LogP contribution in [-0.4, -0.2) is 38.2 Å². The highest BCUT2D eigenvalue weighted by atomic mass is 35.5. The van der Waals surface area contributed by atoms with E-state index in [4.69, 9.17) is 27.9 Å². The Hall–Kier alpha value is -1.42. The van der Waals surface area contributed by atoms with Crippen molar-refractivity contribution in [1.29, 1.82) is 0 Å². The molecule has 23 heavy (non-hydrogen) atoms. The second-order valence-corrected chi connectivity index (χ2v) is 6.48. The molecule has 1 heterocycles. The van der Waals surface area contributed by atoms with Gasteiger partial charge in [0.05, 0.1) is 7.11 Å². The maximum Gasteiger partial charge on any atom is 0.120 e. The van der Waals surface area contributed by atoms with Gasteiger partial charge in [0.2, 0.25) is 0 Å². The van der Waals surface area contributed by atoms with Crippen LogP contribution >= 0.6 is 23.2 Å². The van der Waals surface area contributed by atoms with Gasteiger partial charge in [-0.15, -0.1) is 0 Å². The predicted molar refractivity (Wildman–Crippen MR) is 96.9 cm³/mol. The number of methoxy groups -OCH3 is 1. The molecule has 2 aromatic carbocycles. The lowest BCUT2D eigenvalue weighted by atomic mass is 10.2. The van der Waals surface area contributed by atoms with Crippen molar-refractivity contribution in [2.24, 2.45) is 0 Å². The van der Waals surface area contributed by atoms with E-state index in [0.717, 1.165) is 54.1 Å². The molecule has 0 saturated carbocycles. The number of piperazine rings is 1. The molecule has 0 aromatic heterocycles. The molecule has 1 aliphatic heterocycles. The smallest absolute Gasteiger partial charge is 0.120 e. The number of anilines is 1. The highest BCUT2D eigenvalue weighted by molar-refractivity contribution is 6.35. The van der Waals surface area contributed by atoms with Crippen LogP contribution in [0.3, 0.4) is 0 Å². The standard InChI is InChI=1S/C18H20Cl2N2O/c1-23-15-5-2-4-14(12-15)22-10-8-21(9-11-22)13-16-17(19)6-3-7-18(16)20/h2-7,12H,8-11,13H2,1H3. The lowest BCUT2D eigenvalue weighted by molar-refractivity contribution is 0.250. The first kappa shape index (κ1) is 16.4. The van der Waals surface area contributed by atoms with Crippen LogP contribution in [0, 0.1) is 0 Å². The van der Waals surface area contributed by atoms with E-state index in [-0.39, 0.29) is 0 Å². The molecule has 3 nitrogen and oxygen atoms in total. The first-order valence-electron chi connectivity index (χ1n) is 7.71. The number of hydrogen-bond acceptors (Lipinski definition) is 3. The van der Waals surface area contributed by atoms with E-state index >= 15 is 0 Å². The molecule has 0 N–H and O–H groups in total. The minimum absolute atomic E-state index is 0.743. The highest BCUT2D eigenvalue weighted by Crippen LogP contribution is 2.27. The lowest BCUT2D eigenvalue weighted by Crippen LogP contribution is -2.46. The Morgan fingerprint density at radius 2 is 1.61 bits per heavy atom. The van der Waals surface area contributed by atoms with Gasteiger partial charge in [-0.2, -0.15) is 0 Å². The van der Waals surface area contributed by atoms with Crippen LogP contribution in [0.15, 0.2) is 42.5 Å². The second kappa shape index (κ2) is 7.43. The Morgan fingerprint density at radius 3 is 2.26 bits per heavy atom. The van der Waals surface area contributed by atoms with Crippen LogP contribution in [0.5, 0.6) is 5.75 Å². The Kier molecular flexibility index (Phi) is 5.31. The molecule has 1 fully saturated rings. The van der Waals surface area contributed by atoms with Gasteiger partial charge < -0.3 is 9.64 Å². The van der Waals surface area contributed by atoms with Gasteiger partial charge in [-0.1, -0.05) is 35.3 Å². The van der Waals surface area contributed by atoms with Crippen LogP contribution in [0.4, 0.5) is 5.69 Å². The molecular formula is C18H20Cl2N2O. The van der Waals surface area contributed by atoms with E-state index in [9.17, 15) is 0 Å². The summed E-state index contributed by atoms with van der Waals surface area (Å²) in [6.07, 6.45) is 0. The first-order chi connectivity index (χ1) is 11.2. The molecule has 0 bridgehead atoms. The molecular weight excluding hydrogens is 331 g/mol. The number of hydrogen-bond donors (Lipinski definition) is 0. The van der Waals surface area contributed by atoms with E-state index in [0.29, 0.717) is 0 Å². The van der Waals surface area contributed by atoms with Crippen molar-refractivity contribution in [1.82, 2.24) is 4.90 Å². The summed E-state index contributed by atoms with van der Waals surface area (Å²) in [5, 5.41) is 1.49. The summed E-state index contributed by atoms with van der Waals surface area (Å²) in [6.45, 7) is 4.73. The van der Waals surface area contributed by atoms with Gasteiger partial charge in [-0.05, 0) is 24.3 Å². The summed E-state index contributed by atoms with van der Waals surface area (Å²) in [5.74, 6) is 0.896. The molecule has 0 amide bonds. The monoisotopic (exact) mass is 350 g/mol. The SMILES string of the molecule is COc1cccc(N2CCN(Cc3c(Cl)cccc3Cl)CC2)c1. The third kappa shape index (κ3) is 3.92. The molecule has 0 aliphatic carbocycles. The van der Waals surface area contributed by atoms with Gasteiger partial charge in [0, 0.05) is 60.1 Å². The Balaban J connectivity index is 1.62. The van der Waals surface area contributed by atoms with E-state index in [1.807, 2.05) is 30.3 Å². The highest BCUT2D eigenvalue weighted by Gasteiger charge is 2.19. The largest absolute Gasteiger partial charge is 0.497 e. The van der Waals surface area contributed by atoms with E-state index in [1.165, 1.54) is 5.69 Å². The van der Waals surface area contributed by atoms with Crippen molar-refractivity contribution < 1.29 is 4.74 Å². The maximum absolute atomic E-state index is 6.27. The summed E-state index contributed by atoms with van der Waals surface area (Å²) in [7, 11) is 1.70. The molecule has 0 spiro atoms. The Bertz CT molecular complexity index is 650. The van der Waals surface area contributed by atoms with Gasteiger partial charge in [0.15, 0.2) is 0 Å². The number of nitrogens with zero attached hydrogens (tertiary/aromatic N) is 2. The number of ether oxygens (including phenoxy) is 1. The van der Waals surface area contributed by atoms with Crippen LogP contribution in [-0.2, 0) is 6.54 Å². The van der Waals surface area contributed by atoms with Crippen LogP contribution in [0.2, 0.25) is 10.0 Å². The van der Waals surface area contributed by atoms with Gasteiger partial charge in [0.25, 0.3) is 0 Å². The van der Waals surface area contributed by atoms with Crippen molar-refractivity contribution >= 4 is 28.9 Å². The van der Waals surface area contributed by atoms with Crippen molar-refractivity contribution in [3.8, 4) is 5.75 Å². The molecule has 1 saturated heterocycles. The first-order valence-corrected chi connectivity index (χ1v) is 8.47. The minimum Gasteiger partial charge on any atom is -0.497 e. The molecule has 1 aliphatic rings. The van der Waals surface area contributed by atoms with E-state index < -0.39 is 0 Å². The second-order valence-electron chi connectivity index (χ2n) is 5.66. The Labute approximate surface area is 147 Å². The van der Waals surface area contributed by atoms with Gasteiger partial charge in [-0.3, -0.25) is 4.90 Å². The van der Waals surface area contributed by atoms with Crippen molar-refractivity contribution in [3.63, 3.8) is 0 Å². The molecule has 5 heteroatoms. The summed E-state index contributed by atoms with van der Waals surface area (Å²) in [5.41, 5.74) is 2.23. The van der Waals surface area contributed by atoms with Crippen molar-refractivity contribution in [2.45, 2.75) is 6.54 Å². The fraction of sp³-hybridized carbons (Fsp3) is 0.333. The molecule has 2 aromatic rings. The zero-order chi connectivity index (χ0) is 16.2. The predicted octanol–water partition coefficient (Wildman–Crippen LogP) is 4.32. The van der Waals surface area contributed by atoms with Crippen LogP contribution < -0.4 is 9.64 Å². The zero-order valence-electron chi connectivity index (χ0n) is 13.1. The van der Waals surface area contributed by atoms with Crippen LogP contribution in [0.25, 0.3) is 0 Å². The fourth-order valence-corrected chi connectivity index (χ4v) is 3.40. The molecule has 0 radical (unpaired) electrons. The van der Waals surface area contributed by atoms with Gasteiger partial charge in [0.1, 0.15) is 5.75 Å². The fourth-order valence-electron chi connectivity index (χ4n) is 2.88. The number of rotatable bonds is 4. The number of benzene rings is 2. The van der Waals surface area contributed by atoms with Crippen LogP contribution in [0.1, 0.15) is 5.56 Å². The third-order valence-corrected chi connectivity index (χ3v) is 4.94.